The molecule has 2 heterocycles. The van der Waals surface area contributed by atoms with Gasteiger partial charge in [0.2, 0.25) is 0 Å². The molecule has 0 amide bonds. The van der Waals surface area contributed by atoms with Crippen molar-refractivity contribution < 1.29 is 8.42 Å². The summed E-state index contributed by atoms with van der Waals surface area (Å²) in [4.78, 5) is 4.38. The van der Waals surface area contributed by atoms with Crippen LogP contribution in [0.2, 0.25) is 0 Å². The zero-order chi connectivity index (χ0) is 12.7. The Balaban J connectivity index is 2.21. The Kier molecular flexibility index (Phi) is 2.99. The highest BCUT2D eigenvalue weighted by Crippen LogP contribution is 2.21. The molecule has 6 nitrogen and oxygen atoms in total. The fourth-order valence-corrected chi connectivity index (χ4v) is 3.11. The van der Waals surface area contributed by atoms with Gasteiger partial charge in [0.15, 0.2) is 15.7 Å². The summed E-state index contributed by atoms with van der Waals surface area (Å²) in [7, 11) is -2.96. The largest absolute Gasteiger partial charge is 0.305 e. The van der Waals surface area contributed by atoms with Crippen LogP contribution >= 0.6 is 0 Å². The number of rotatable bonds is 1. The Bertz CT molecular complexity index is 501. The van der Waals surface area contributed by atoms with E-state index in [0.717, 1.165) is 0 Å². The maximum absolute atomic E-state index is 11.5. The molecule has 0 spiro atoms. The van der Waals surface area contributed by atoms with E-state index in [4.69, 9.17) is 0 Å². The third-order valence-corrected chi connectivity index (χ3v) is 4.40. The Morgan fingerprint density at radius 2 is 2.06 bits per heavy atom. The summed E-state index contributed by atoms with van der Waals surface area (Å²) in [5, 5.41) is 10.1. The first-order valence-corrected chi connectivity index (χ1v) is 7.47. The number of hydrogen-bond acceptors (Lipinski definition) is 5. The van der Waals surface area contributed by atoms with Crippen molar-refractivity contribution >= 4 is 9.84 Å². The van der Waals surface area contributed by atoms with Crippen LogP contribution in [0.25, 0.3) is 0 Å². The molecule has 1 atom stereocenters. The normalized spacial score (nSPS) is 24.8. The predicted molar refractivity (Wildman–Crippen MR) is 64.5 cm³/mol. The number of H-pyrrole nitrogens is 1. The molecule has 1 aromatic heterocycles. The third kappa shape index (κ3) is 2.84. The van der Waals surface area contributed by atoms with Gasteiger partial charge in [0.1, 0.15) is 5.82 Å². The summed E-state index contributed by atoms with van der Waals surface area (Å²) < 4.78 is 23.1. The molecule has 1 aliphatic rings. The van der Waals surface area contributed by atoms with Gasteiger partial charge in [0, 0.05) is 12.0 Å². The second-order valence-corrected chi connectivity index (χ2v) is 7.64. The van der Waals surface area contributed by atoms with Crippen molar-refractivity contribution in [3.05, 3.63) is 11.6 Å². The Labute approximate surface area is 101 Å². The van der Waals surface area contributed by atoms with Gasteiger partial charge in [-0.15, -0.1) is 0 Å². The number of hydrogen-bond donors (Lipinski definition) is 2. The number of aromatic amines is 1. The number of nitrogens with zero attached hydrogens (tertiary/aromatic N) is 2. The van der Waals surface area contributed by atoms with E-state index in [2.05, 4.69) is 20.5 Å². The summed E-state index contributed by atoms with van der Waals surface area (Å²) in [6.07, 6.45) is 0. The first kappa shape index (κ1) is 12.5. The van der Waals surface area contributed by atoms with Crippen molar-refractivity contribution in [2.45, 2.75) is 32.2 Å². The van der Waals surface area contributed by atoms with Crippen molar-refractivity contribution in [1.82, 2.24) is 20.5 Å². The van der Waals surface area contributed by atoms with Crippen LogP contribution in [-0.2, 0) is 15.3 Å². The summed E-state index contributed by atoms with van der Waals surface area (Å²) in [5.41, 5.74) is -0.137. The van der Waals surface area contributed by atoms with Crippen molar-refractivity contribution in [1.29, 1.82) is 0 Å². The summed E-state index contributed by atoms with van der Waals surface area (Å²) in [6, 6.07) is -0.266. The molecule has 1 fully saturated rings. The van der Waals surface area contributed by atoms with Gasteiger partial charge >= 0.3 is 0 Å². The third-order valence-electron chi connectivity index (χ3n) is 2.73. The zero-order valence-electron chi connectivity index (χ0n) is 10.3. The van der Waals surface area contributed by atoms with E-state index in [1.165, 1.54) is 0 Å². The molecule has 1 saturated heterocycles. The summed E-state index contributed by atoms with van der Waals surface area (Å²) in [6.45, 7) is 6.53. The van der Waals surface area contributed by atoms with Gasteiger partial charge in [-0.3, -0.25) is 5.10 Å². The lowest BCUT2D eigenvalue weighted by Crippen LogP contribution is -2.39. The minimum atomic E-state index is -2.96. The van der Waals surface area contributed by atoms with E-state index < -0.39 is 9.84 Å². The first-order valence-electron chi connectivity index (χ1n) is 5.64. The molecule has 1 aliphatic heterocycles. The molecule has 7 heteroatoms. The number of aromatic nitrogens is 3. The molecule has 2 rings (SSSR count). The number of sulfone groups is 1. The minimum Gasteiger partial charge on any atom is -0.305 e. The molecule has 2 N–H and O–H groups in total. The highest BCUT2D eigenvalue weighted by atomic mass is 32.2. The van der Waals surface area contributed by atoms with Gasteiger partial charge in [0.25, 0.3) is 0 Å². The molecule has 0 aromatic carbocycles. The highest BCUT2D eigenvalue weighted by Gasteiger charge is 2.29. The standard InChI is InChI=1S/C10H18N4O2S/c1-10(2,3)9-12-8(13-14-9)7-6-17(15,16)5-4-11-7/h7,11H,4-6H2,1-3H3,(H,12,13,14). The molecule has 0 bridgehead atoms. The number of nitrogens with one attached hydrogen (secondary N) is 2. The monoisotopic (exact) mass is 258 g/mol. The average Bonchev–Trinajstić information content (AvgIpc) is 2.63. The van der Waals surface area contributed by atoms with Gasteiger partial charge in [-0.2, -0.15) is 5.10 Å². The fraction of sp³-hybridized carbons (Fsp3) is 0.800. The lowest BCUT2D eigenvalue weighted by molar-refractivity contribution is 0.513. The summed E-state index contributed by atoms with van der Waals surface area (Å²) in [5.74, 6) is 1.60. The van der Waals surface area contributed by atoms with Crippen LogP contribution in [0.15, 0.2) is 0 Å². The van der Waals surface area contributed by atoms with Gasteiger partial charge in [-0.25, -0.2) is 13.4 Å². The minimum absolute atomic E-state index is 0.0891. The van der Waals surface area contributed by atoms with Crippen molar-refractivity contribution in [2.75, 3.05) is 18.1 Å². The topological polar surface area (TPSA) is 87.7 Å². The van der Waals surface area contributed by atoms with Crippen molar-refractivity contribution in [2.24, 2.45) is 0 Å². The summed E-state index contributed by atoms with van der Waals surface area (Å²) >= 11 is 0. The Hall–Kier alpha value is -0.950. The van der Waals surface area contributed by atoms with E-state index in [9.17, 15) is 8.42 Å². The molecule has 0 aliphatic carbocycles. The lowest BCUT2D eigenvalue weighted by atomic mass is 9.96. The molecule has 1 aromatic rings. The van der Waals surface area contributed by atoms with Gasteiger partial charge in [-0.05, 0) is 0 Å². The Morgan fingerprint density at radius 1 is 1.35 bits per heavy atom. The van der Waals surface area contributed by atoms with Crippen LogP contribution in [0.3, 0.4) is 0 Å². The van der Waals surface area contributed by atoms with Gasteiger partial charge < -0.3 is 5.32 Å². The van der Waals surface area contributed by atoms with Crippen LogP contribution in [-0.4, -0.2) is 41.6 Å². The lowest BCUT2D eigenvalue weighted by Gasteiger charge is -2.21. The molecule has 17 heavy (non-hydrogen) atoms. The smallest absolute Gasteiger partial charge is 0.156 e. The maximum Gasteiger partial charge on any atom is 0.156 e. The van der Waals surface area contributed by atoms with E-state index in [0.29, 0.717) is 18.2 Å². The van der Waals surface area contributed by atoms with E-state index >= 15 is 0 Å². The van der Waals surface area contributed by atoms with Crippen LogP contribution in [0.1, 0.15) is 38.5 Å². The van der Waals surface area contributed by atoms with Crippen LogP contribution < -0.4 is 5.32 Å². The predicted octanol–water partition coefficient (Wildman–Crippen LogP) is 0.161. The molecule has 1 unspecified atom stereocenters. The molecule has 0 saturated carbocycles. The molecular weight excluding hydrogens is 240 g/mol. The van der Waals surface area contributed by atoms with Gasteiger partial charge in [-0.1, -0.05) is 20.8 Å². The maximum atomic E-state index is 11.5. The van der Waals surface area contributed by atoms with E-state index in [1.54, 1.807) is 0 Å². The highest BCUT2D eigenvalue weighted by molar-refractivity contribution is 7.91. The molecule has 96 valence electrons. The Morgan fingerprint density at radius 3 is 2.59 bits per heavy atom. The molecular formula is C10H18N4O2S. The fourth-order valence-electron chi connectivity index (χ4n) is 1.73. The van der Waals surface area contributed by atoms with E-state index in [-0.39, 0.29) is 23.0 Å². The van der Waals surface area contributed by atoms with Crippen LogP contribution in [0.4, 0.5) is 0 Å². The van der Waals surface area contributed by atoms with Crippen molar-refractivity contribution in [3.8, 4) is 0 Å². The van der Waals surface area contributed by atoms with Crippen LogP contribution in [0, 0.1) is 0 Å². The molecule has 0 radical (unpaired) electrons. The SMILES string of the molecule is CC(C)(C)c1n[nH]c(C2CS(=O)(=O)CCN2)n1. The second-order valence-electron chi connectivity index (χ2n) is 5.42. The second kappa shape index (κ2) is 4.06. The van der Waals surface area contributed by atoms with E-state index in [1.807, 2.05) is 20.8 Å². The zero-order valence-corrected chi connectivity index (χ0v) is 11.1. The van der Waals surface area contributed by atoms with Gasteiger partial charge in [0.05, 0.1) is 17.5 Å². The van der Waals surface area contributed by atoms with Crippen LogP contribution in [0.5, 0.6) is 0 Å². The van der Waals surface area contributed by atoms with Crippen molar-refractivity contribution in [3.63, 3.8) is 0 Å². The quantitative estimate of drug-likeness (QED) is 0.749. The first-order chi connectivity index (χ1) is 7.78. The average molecular weight is 258 g/mol.